The highest BCUT2D eigenvalue weighted by Crippen LogP contribution is 2.36. The topological polar surface area (TPSA) is 80.9 Å². The molecule has 2 aromatic carbocycles. The maximum atomic E-state index is 9.61. The first-order valence-corrected chi connectivity index (χ1v) is 9.46. The molecule has 8 heteroatoms. The third-order valence-electron chi connectivity index (χ3n) is 4.42. The molecule has 140 valence electrons. The summed E-state index contributed by atoms with van der Waals surface area (Å²) in [4.78, 5) is 8.98. The molecule has 1 aliphatic heterocycles. The van der Waals surface area contributed by atoms with E-state index in [0.29, 0.717) is 29.2 Å². The highest BCUT2D eigenvalue weighted by molar-refractivity contribution is 9.10. The minimum Gasteiger partial charge on any atom is -0.508 e. The number of hydrogen-bond donors (Lipinski definition) is 2. The van der Waals surface area contributed by atoms with E-state index >= 15 is 0 Å². The summed E-state index contributed by atoms with van der Waals surface area (Å²) < 4.78 is 13.9. The first-order chi connectivity index (χ1) is 13.7. The first kappa shape index (κ1) is 16.9. The molecule has 0 radical (unpaired) electrons. The van der Waals surface area contributed by atoms with E-state index in [2.05, 4.69) is 26.2 Å². The van der Waals surface area contributed by atoms with Crippen molar-refractivity contribution in [2.75, 3.05) is 18.5 Å². The smallest absolute Gasteiger partial charge is 0.163 e. The van der Waals surface area contributed by atoms with Crippen LogP contribution in [-0.4, -0.2) is 32.7 Å². The van der Waals surface area contributed by atoms with Crippen LogP contribution >= 0.6 is 15.9 Å². The number of halogens is 1. The maximum Gasteiger partial charge on any atom is 0.163 e. The molecule has 1 aliphatic rings. The van der Waals surface area contributed by atoms with Crippen LogP contribution in [0.1, 0.15) is 0 Å². The normalized spacial score (nSPS) is 12.9. The summed E-state index contributed by atoms with van der Waals surface area (Å²) >= 11 is 3.42. The van der Waals surface area contributed by atoms with Crippen LogP contribution in [0.25, 0.3) is 16.9 Å². The number of nitrogens with zero attached hydrogens (tertiary/aromatic N) is 3. The molecule has 3 heterocycles. The van der Waals surface area contributed by atoms with Gasteiger partial charge in [-0.2, -0.15) is 0 Å². The molecular formula is C20H15BrN4O3. The zero-order chi connectivity index (χ0) is 19.1. The Bertz CT molecular complexity index is 1170. The van der Waals surface area contributed by atoms with Gasteiger partial charge in [-0.15, -0.1) is 0 Å². The molecule has 5 rings (SSSR count). The van der Waals surface area contributed by atoms with Gasteiger partial charge in [0, 0.05) is 23.5 Å². The Hall–Kier alpha value is -3.26. The predicted molar refractivity (Wildman–Crippen MR) is 109 cm³/mol. The van der Waals surface area contributed by atoms with Crippen molar-refractivity contribution in [1.29, 1.82) is 0 Å². The number of hydrogen-bond acceptors (Lipinski definition) is 6. The zero-order valence-corrected chi connectivity index (χ0v) is 16.2. The van der Waals surface area contributed by atoms with Gasteiger partial charge >= 0.3 is 0 Å². The van der Waals surface area contributed by atoms with Crippen LogP contribution in [0.15, 0.2) is 59.5 Å². The highest BCUT2D eigenvalue weighted by atomic mass is 79.9. The average Bonchev–Trinajstić information content (AvgIpc) is 3.06. The molecule has 4 aromatic rings. The molecule has 28 heavy (non-hydrogen) atoms. The van der Waals surface area contributed by atoms with E-state index < -0.39 is 0 Å². The molecule has 0 spiro atoms. The van der Waals surface area contributed by atoms with Gasteiger partial charge in [-0.05, 0) is 52.3 Å². The lowest BCUT2D eigenvalue weighted by Gasteiger charge is -2.19. The third-order valence-corrected chi connectivity index (χ3v) is 4.83. The van der Waals surface area contributed by atoms with Gasteiger partial charge in [-0.1, -0.05) is 0 Å². The van der Waals surface area contributed by atoms with E-state index in [0.717, 1.165) is 28.5 Å². The van der Waals surface area contributed by atoms with E-state index in [1.807, 2.05) is 40.9 Å². The maximum absolute atomic E-state index is 9.61. The number of nitrogens with one attached hydrogen (secondary N) is 1. The number of fused-ring (bicyclic) bond motifs is 2. The van der Waals surface area contributed by atoms with Crippen molar-refractivity contribution in [3.63, 3.8) is 0 Å². The van der Waals surface area contributed by atoms with Gasteiger partial charge in [-0.25, -0.2) is 9.97 Å². The van der Waals surface area contributed by atoms with Crippen LogP contribution in [0, 0.1) is 0 Å². The van der Waals surface area contributed by atoms with Crippen LogP contribution < -0.4 is 14.8 Å². The van der Waals surface area contributed by atoms with Gasteiger partial charge in [0.2, 0.25) is 0 Å². The minimum atomic E-state index is 0.207. The number of aromatic hydroxyl groups is 1. The van der Waals surface area contributed by atoms with Gasteiger partial charge in [0.25, 0.3) is 0 Å². The van der Waals surface area contributed by atoms with Crippen molar-refractivity contribution >= 4 is 33.1 Å². The Morgan fingerprint density at radius 1 is 1.04 bits per heavy atom. The lowest BCUT2D eigenvalue weighted by Crippen LogP contribution is -2.15. The summed E-state index contributed by atoms with van der Waals surface area (Å²) in [5.74, 6) is 2.43. The second-order valence-corrected chi connectivity index (χ2v) is 7.09. The predicted octanol–water partition coefficient (Wildman–Crippen LogP) is 4.38. The number of imidazole rings is 1. The Morgan fingerprint density at radius 2 is 1.82 bits per heavy atom. The molecule has 0 unspecified atom stereocenters. The molecule has 2 N–H and O–H groups in total. The summed E-state index contributed by atoms with van der Waals surface area (Å²) in [6.07, 6.45) is 3.55. The standard InChI is InChI=1S/C20H15BrN4O3/c21-17-11-25-18(10-22-17)24-19(12-1-4-14(26)5-2-12)20(25)23-13-3-6-15-16(9-13)28-8-7-27-15/h1-6,9-11,23,26H,7-8H2. The molecule has 0 amide bonds. The molecule has 0 bridgehead atoms. The molecular weight excluding hydrogens is 424 g/mol. The molecule has 0 saturated heterocycles. The number of anilines is 2. The Balaban J connectivity index is 1.63. The molecule has 0 aliphatic carbocycles. The van der Waals surface area contributed by atoms with E-state index in [1.54, 1.807) is 18.3 Å². The lowest BCUT2D eigenvalue weighted by atomic mass is 10.1. The van der Waals surface area contributed by atoms with Gasteiger partial charge in [0.05, 0.1) is 6.20 Å². The number of benzene rings is 2. The van der Waals surface area contributed by atoms with Crippen molar-refractivity contribution in [3.05, 3.63) is 59.5 Å². The largest absolute Gasteiger partial charge is 0.508 e. The summed E-state index contributed by atoms with van der Waals surface area (Å²) in [5.41, 5.74) is 3.16. The van der Waals surface area contributed by atoms with Gasteiger partial charge in [-0.3, -0.25) is 4.40 Å². The number of aromatic nitrogens is 3. The Morgan fingerprint density at radius 3 is 2.64 bits per heavy atom. The molecule has 0 atom stereocenters. The van der Waals surface area contributed by atoms with E-state index in [-0.39, 0.29) is 5.75 Å². The fourth-order valence-corrected chi connectivity index (χ4v) is 3.44. The average molecular weight is 439 g/mol. The number of rotatable bonds is 3. The summed E-state index contributed by atoms with van der Waals surface area (Å²) in [7, 11) is 0. The van der Waals surface area contributed by atoms with Crippen molar-refractivity contribution in [2.24, 2.45) is 0 Å². The molecule has 7 nitrogen and oxygen atoms in total. The quantitative estimate of drug-likeness (QED) is 0.493. The summed E-state index contributed by atoms with van der Waals surface area (Å²) in [6.45, 7) is 1.09. The van der Waals surface area contributed by atoms with E-state index in [4.69, 9.17) is 14.5 Å². The van der Waals surface area contributed by atoms with Crippen LogP contribution in [0.2, 0.25) is 0 Å². The van der Waals surface area contributed by atoms with Crippen molar-refractivity contribution in [3.8, 4) is 28.5 Å². The van der Waals surface area contributed by atoms with Crippen molar-refractivity contribution in [1.82, 2.24) is 14.4 Å². The van der Waals surface area contributed by atoms with Gasteiger partial charge < -0.3 is 19.9 Å². The zero-order valence-electron chi connectivity index (χ0n) is 14.6. The second-order valence-electron chi connectivity index (χ2n) is 6.28. The lowest BCUT2D eigenvalue weighted by molar-refractivity contribution is 0.171. The summed E-state index contributed by atoms with van der Waals surface area (Å²) in [6, 6.07) is 12.7. The molecule has 0 saturated carbocycles. The molecule has 0 fully saturated rings. The highest BCUT2D eigenvalue weighted by Gasteiger charge is 2.17. The number of phenolic OH excluding ortho intramolecular Hbond substituents is 1. The Kier molecular flexibility index (Phi) is 4.05. The second kappa shape index (κ2) is 6.72. The Labute approximate surface area is 168 Å². The van der Waals surface area contributed by atoms with Crippen LogP contribution in [-0.2, 0) is 0 Å². The van der Waals surface area contributed by atoms with E-state index in [9.17, 15) is 5.11 Å². The fourth-order valence-electron chi connectivity index (χ4n) is 3.13. The van der Waals surface area contributed by atoms with Gasteiger partial charge in [0.1, 0.15) is 35.1 Å². The van der Waals surface area contributed by atoms with Crippen LogP contribution in [0.4, 0.5) is 11.5 Å². The SMILES string of the molecule is Oc1ccc(-c2nc3cnc(Br)cn3c2Nc2ccc3c(c2)OCCO3)cc1. The number of ether oxygens (including phenoxy) is 2. The van der Waals surface area contributed by atoms with Gasteiger partial charge in [0.15, 0.2) is 17.1 Å². The van der Waals surface area contributed by atoms with Crippen LogP contribution in [0.5, 0.6) is 17.2 Å². The van der Waals surface area contributed by atoms with Crippen molar-refractivity contribution in [2.45, 2.75) is 0 Å². The monoisotopic (exact) mass is 438 g/mol. The van der Waals surface area contributed by atoms with E-state index in [1.165, 1.54) is 0 Å². The third kappa shape index (κ3) is 3.01. The van der Waals surface area contributed by atoms with Crippen LogP contribution in [0.3, 0.4) is 0 Å². The van der Waals surface area contributed by atoms with Crippen molar-refractivity contribution < 1.29 is 14.6 Å². The minimum absolute atomic E-state index is 0.207. The number of phenols is 1. The summed E-state index contributed by atoms with van der Waals surface area (Å²) in [5, 5.41) is 13.1. The first-order valence-electron chi connectivity index (χ1n) is 8.67. The molecule has 2 aromatic heterocycles. The fraction of sp³-hybridized carbons (Fsp3) is 0.100.